The first-order valence-electron chi connectivity index (χ1n) is 9.79. The predicted molar refractivity (Wildman–Crippen MR) is 110 cm³/mol. The second kappa shape index (κ2) is 8.35. The summed E-state index contributed by atoms with van der Waals surface area (Å²) in [6.07, 6.45) is 5.53. The van der Waals surface area contributed by atoms with Gasteiger partial charge in [0, 0.05) is 17.8 Å². The van der Waals surface area contributed by atoms with Gasteiger partial charge in [-0.05, 0) is 68.8 Å². The number of likely N-dealkylation sites (tertiary alicyclic amines) is 1. The van der Waals surface area contributed by atoms with E-state index in [1.165, 1.54) is 24.8 Å². The first-order chi connectivity index (χ1) is 13.7. The summed E-state index contributed by atoms with van der Waals surface area (Å²) in [5.41, 5.74) is 3.53. The second-order valence-electron chi connectivity index (χ2n) is 7.29. The van der Waals surface area contributed by atoms with Crippen LogP contribution in [-0.4, -0.2) is 38.7 Å². The SMILES string of the molecule is Cc1nncn1-c1cccc(NC(=O)c2cccc(CN3CCCCC3)c2)c1. The number of carbonyl (C=O) groups is 1. The van der Waals surface area contributed by atoms with Gasteiger partial charge in [-0.1, -0.05) is 24.6 Å². The Kier molecular flexibility index (Phi) is 5.48. The Morgan fingerprint density at radius 3 is 2.68 bits per heavy atom. The van der Waals surface area contributed by atoms with Crippen LogP contribution in [0.3, 0.4) is 0 Å². The van der Waals surface area contributed by atoms with Gasteiger partial charge in [0.1, 0.15) is 12.2 Å². The monoisotopic (exact) mass is 375 g/mol. The Morgan fingerprint density at radius 2 is 1.89 bits per heavy atom. The van der Waals surface area contributed by atoms with Gasteiger partial charge in [-0.25, -0.2) is 0 Å². The van der Waals surface area contributed by atoms with Gasteiger partial charge in [-0.3, -0.25) is 14.3 Å². The third-order valence-electron chi connectivity index (χ3n) is 5.14. The Bertz CT molecular complexity index is 959. The number of aryl methyl sites for hydroxylation is 1. The Labute approximate surface area is 165 Å². The van der Waals surface area contributed by atoms with Gasteiger partial charge in [0.25, 0.3) is 5.91 Å². The molecule has 1 fully saturated rings. The molecule has 144 valence electrons. The summed E-state index contributed by atoms with van der Waals surface area (Å²) in [6.45, 7) is 5.09. The number of nitrogens with one attached hydrogen (secondary N) is 1. The van der Waals surface area contributed by atoms with E-state index in [1.807, 2.05) is 54.0 Å². The normalized spacial score (nSPS) is 14.8. The number of amides is 1. The zero-order valence-electron chi connectivity index (χ0n) is 16.1. The zero-order chi connectivity index (χ0) is 19.3. The second-order valence-corrected chi connectivity index (χ2v) is 7.29. The van der Waals surface area contributed by atoms with E-state index in [2.05, 4.69) is 26.5 Å². The van der Waals surface area contributed by atoms with Gasteiger partial charge < -0.3 is 5.32 Å². The van der Waals surface area contributed by atoms with Crippen molar-refractivity contribution in [3.05, 3.63) is 71.8 Å². The fraction of sp³-hybridized carbons (Fsp3) is 0.318. The molecule has 0 radical (unpaired) electrons. The lowest BCUT2D eigenvalue weighted by Crippen LogP contribution is -2.29. The van der Waals surface area contributed by atoms with Crippen LogP contribution in [0.4, 0.5) is 5.69 Å². The molecular weight excluding hydrogens is 350 g/mol. The van der Waals surface area contributed by atoms with Crippen LogP contribution in [0.25, 0.3) is 5.69 Å². The first-order valence-corrected chi connectivity index (χ1v) is 9.79. The highest BCUT2D eigenvalue weighted by molar-refractivity contribution is 6.04. The number of benzene rings is 2. The number of carbonyl (C=O) groups excluding carboxylic acids is 1. The molecule has 0 spiro atoms. The van der Waals surface area contributed by atoms with Crippen LogP contribution in [-0.2, 0) is 6.54 Å². The summed E-state index contributed by atoms with van der Waals surface area (Å²) in [4.78, 5) is 15.2. The van der Waals surface area contributed by atoms with Crippen molar-refractivity contribution in [2.75, 3.05) is 18.4 Å². The molecule has 0 saturated carbocycles. The van der Waals surface area contributed by atoms with Crippen molar-refractivity contribution in [2.24, 2.45) is 0 Å². The van der Waals surface area contributed by atoms with Crippen molar-refractivity contribution in [1.29, 1.82) is 0 Å². The van der Waals surface area contributed by atoms with E-state index in [0.29, 0.717) is 5.56 Å². The molecule has 1 aromatic heterocycles. The fourth-order valence-electron chi connectivity index (χ4n) is 3.67. The molecule has 28 heavy (non-hydrogen) atoms. The van der Waals surface area contributed by atoms with Crippen LogP contribution in [0.2, 0.25) is 0 Å². The van der Waals surface area contributed by atoms with E-state index in [1.54, 1.807) is 6.33 Å². The number of hydrogen-bond acceptors (Lipinski definition) is 4. The number of aromatic nitrogens is 3. The number of rotatable bonds is 5. The van der Waals surface area contributed by atoms with Gasteiger partial charge >= 0.3 is 0 Å². The van der Waals surface area contributed by atoms with Gasteiger partial charge in [-0.2, -0.15) is 0 Å². The maximum atomic E-state index is 12.8. The third kappa shape index (κ3) is 4.28. The fourth-order valence-corrected chi connectivity index (χ4v) is 3.67. The standard InChI is InChI=1S/C22H25N5O/c1-17-25-23-16-27(17)21-10-6-9-20(14-21)24-22(28)19-8-5-7-18(13-19)15-26-11-3-2-4-12-26/h5-10,13-14,16H,2-4,11-12,15H2,1H3,(H,24,28). The van der Waals surface area contributed by atoms with E-state index >= 15 is 0 Å². The largest absolute Gasteiger partial charge is 0.322 e. The minimum Gasteiger partial charge on any atom is -0.322 e. The third-order valence-corrected chi connectivity index (χ3v) is 5.14. The van der Waals surface area contributed by atoms with Gasteiger partial charge in [-0.15, -0.1) is 10.2 Å². The molecule has 0 atom stereocenters. The molecule has 1 amide bonds. The molecule has 1 saturated heterocycles. The van der Waals surface area contributed by atoms with Crippen molar-refractivity contribution in [1.82, 2.24) is 19.7 Å². The molecule has 1 aliphatic heterocycles. The smallest absolute Gasteiger partial charge is 0.255 e. The Morgan fingerprint density at radius 1 is 1.07 bits per heavy atom. The highest BCUT2D eigenvalue weighted by atomic mass is 16.1. The Hall–Kier alpha value is -2.99. The van der Waals surface area contributed by atoms with E-state index < -0.39 is 0 Å². The molecule has 3 aromatic rings. The van der Waals surface area contributed by atoms with E-state index in [0.717, 1.165) is 36.8 Å². The highest BCUT2D eigenvalue weighted by Crippen LogP contribution is 2.18. The lowest BCUT2D eigenvalue weighted by atomic mass is 10.1. The number of piperidine rings is 1. The molecule has 0 unspecified atom stereocenters. The topological polar surface area (TPSA) is 63.1 Å². The molecule has 2 heterocycles. The highest BCUT2D eigenvalue weighted by Gasteiger charge is 2.12. The van der Waals surface area contributed by atoms with Crippen LogP contribution >= 0.6 is 0 Å². The van der Waals surface area contributed by atoms with Gasteiger partial charge in [0.15, 0.2) is 0 Å². The van der Waals surface area contributed by atoms with Crippen molar-refractivity contribution in [3.63, 3.8) is 0 Å². The first kappa shape index (κ1) is 18.4. The van der Waals surface area contributed by atoms with Crippen molar-refractivity contribution < 1.29 is 4.79 Å². The molecule has 1 N–H and O–H groups in total. The maximum Gasteiger partial charge on any atom is 0.255 e. The summed E-state index contributed by atoms with van der Waals surface area (Å²) in [5.74, 6) is 0.701. The lowest BCUT2D eigenvalue weighted by molar-refractivity contribution is 0.102. The molecule has 0 bridgehead atoms. The Balaban J connectivity index is 1.46. The lowest BCUT2D eigenvalue weighted by Gasteiger charge is -2.26. The molecule has 1 aliphatic rings. The molecule has 2 aromatic carbocycles. The number of nitrogens with zero attached hydrogens (tertiary/aromatic N) is 4. The minimum absolute atomic E-state index is 0.0990. The van der Waals surface area contributed by atoms with Gasteiger partial charge in [0.05, 0.1) is 5.69 Å². The van der Waals surface area contributed by atoms with E-state index in [9.17, 15) is 4.79 Å². The van der Waals surface area contributed by atoms with Crippen LogP contribution in [0.15, 0.2) is 54.9 Å². The quantitative estimate of drug-likeness (QED) is 0.736. The van der Waals surface area contributed by atoms with Crippen LogP contribution in [0.1, 0.15) is 41.0 Å². The summed E-state index contributed by atoms with van der Waals surface area (Å²) < 4.78 is 1.88. The molecule has 6 nitrogen and oxygen atoms in total. The van der Waals surface area contributed by atoms with Crippen LogP contribution < -0.4 is 5.32 Å². The van der Waals surface area contributed by atoms with E-state index in [-0.39, 0.29) is 5.91 Å². The number of anilines is 1. The maximum absolute atomic E-state index is 12.8. The summed E-state index contributed by atoms with van der Waals surface area (Å²) in [6, 6.07) is 15.6. The summed E-state index contributed by atoms with van der Waals surface area (Å²) in [7, 11) is 0. The average Bonchev–Trinajstić information content (AvgIpc) is 3.15. The van der Waals surface area contributed by atoms with Crippen LogP contribution in [0.5, 0.6) is 0 Å². The van der Waals surface area contributed by atoms with Gasteiger partial charge in [0.2, 0.25) is 0 Å². The molecule has 6 heteroatoms. The predicted octanol–water partition coefficient (Wildman–Crippen LogP) is 3.81. The summed E-state index contributed by atoms with van der Waals surface area (Å²) in [5, 5.41) is 10.9. The molecule has 4 rings (SSSR count). The minimum atomic E-state index is -0.0990. The zero-order valence-corrected chi connectivity index (χ0v) is 16.1. The average molecular weight is 375 g/mol. The van der Waals surface area contributed by atoms with Crippen LogP contribution in [0, 0.1) is 6.92 Å². The van der Waals surface area contributed by atoms with E-state index in [4.69, 9.17) is 0 Å². The molecule has 0 aliphatic carbocycles. The number of hydrogen-bond donors (Lipinski definition) is 1. The molecular formula is C22H25N5O. The van der Waals surface area contributed by atoms with Crippen molar-refractivity contribution in [3.8, 4) is 5.69 Å². The van der Waals surface area contributed by atoms with Crippen molar-refractivity contribution >= 4 is 11.6 Å². The summed E-state index contributed by atoms with van der Waals surface area (Å²) >= 11 is 0. The van der Waals surface area contributed by atoms with Crippen molar-refractivity contribution in [2.45, 2.75) is 32.7 Å².